The molecule has 0 heterocycles. The van der Waals surface area contributed by atoms with E-state index in [1.165, 1.54) is 6.07 Å². The van der Waals surface area contributed by atoms with Gasteiger partial charge in [0, 0.05) is 12.5 Å². The lowest BCUT2D eigenvalue weighted by atomic mass is 9.93. The number of aryl methyl sites for hydroxylation is 2. The van der Waals surface area contributed by atoms with Crippen molar-refractivity contribution in [3.8, 4) is 11.1 Å². The molecule has 0 bridgehead atoms. The number of nitro benzene ring substituents is 1. The van der Waals surface area contributed by atoms with E-state index in [0.717, 1.165) is 22.3 Å². The summed E-state index contributed by atoms with van der Waals surface area (Å²) in [6.07, 6.45) is 0.254. The first kappa shape index (κ1) is 14.9. The first-order valence-electron chi connectivity index (χ1n) is 6.84. The molecule has 0 spiro atoms. The Morgan fingerprint density at radius 1 is 1.10 bits per heavy atom. The molecule has 0 aliphatic rings. The van der Waals surface area contributed by atoms with Crippen LogP contribution in [0.1, 0.15) is 34.8 Å². The Balaban J connectivity index is 2.71. The molecule has 108 valence electrons. The number of ketones is 1. The number of nitrogens with zero attached hydrogens (tertiary/aromatic N) is 1. The van der Waals surface area contributed by atoms with Gasteiger partial charge in [0.15, 0.2) is 5.78 Å². The Morgan fingerprint density at radius 3 is 2.33 bits per heavy atom. The van der Waals surface area contributed by atoms with Gasteiger partial charge in [-0.15, -0.1) is 0 Å². The van der Waals surface area contributed by atoms with Crippen molar-refractivity contribution in [2.75, 3.05) is 0 Å². The monoisotopic (exact) mass is 283 g/mol. The second-order valence-electron chi connectivity index (χ2n) is 5.03. The van der Waals surface area contributed by atoms with Crippen LogP contribution in [0.25, 0.3) is 11.1 Å². The van der Waals surface area contributed by atoms with E-state index < -0.39 is 4.92 Å². The maximum absolute atomic E-state index is 11.9. The first-order chi connectivity index (χ1) is 9.95. The molecule has 0 radical (unpaired) electrons. The number of nitro groups is 1. The van der Waals surface area contributed by atoms with Crippen molar-refractivity contribution in [2.24, 2.45) is 0 Å². The molecule has 0 aliphatic heterocycles. The third-order valence-corrected chi connectivity index (χ3v) is 3.60. The minimum atomic E-state index is -0.482. The van der Waals surface area contributed by atoms with E-state index in [4.69, 9.17) is 0 Å². The topological polar surface area (TPSA) is 60.2 Å². The fourth-order valence-electron chi connectivity index (χ4n) is 2.43. The Labute approximate surface area is 123 Å². The summed E-state index contributed by atoms with van der Waals surface area (Å²) >= 11 is 0. The molecule has 0 saturated carbocycles. The second-order valence-corrected chi connectivity index (χ2v) is 5.03. The van der Waals surface area contributed by atoms with Crippen molar-refractivity contribution in [2.45, 2.75) is 27.2 Å². The molecule has 2 aromatic rings. The van der Waals surface area contributed by atoms with Gasteiger partial charge in [-0.3, -0.25) is 14.9 Å². The van der Waals surface area contributed by atoms with Crippen LogP contribution >= 0.6 is 0 Å². The van der Waals surface area contributed by atoms with E-state index in [-0.39, 0.29) is 23.5 Å². The number of rotatable bonds is 4. The lowest BCUT2D eigenvalue weighted by Crippen LogP contribution is -2.04. The maximum atomic E-state index is 11.9. The van der Waals surface area contributed by atoms with Crippen molar-refractivity contribution in [3.05, 3.63) is 63.2 Å². The Bertz CT molecular complexity index is 720. The zero-order valence-corrected chi connectivity index (χ0v) is 12.3. The van der Waals surface area contributed by atoms with Crippen molar-refractivity contribution in [1.82, 2.24) is 0 Å². The summed E-state index contributed by atoms with van der Waals surface area (Å²) in [7, 11) is 0. The van der Waals surface area contributed by atoms with Gasteiger partial charge in [0.2, 0.25) is 0 Å². The third-order valence-electron chi connectivity index (χ3n) is 3.60. The average molecular weight is 283 g/mol. The summed E-state index contributed by atoms with van der Waals surface area (Å²) < 4.78 is 0. The SMILES string of the molecule is CCC(=O)c1cc(C)c(-c2ccccc2C)cc1[N+](=O)[O-]. The van der Waals surface area contributed by atoms with Gasteiger partial charge >= 0.3 is 0 Å². The highest BCUT2D eigenvalue weighted by molar-refractivity contribution is 6.00. The summed E-state index contributed by atoms with van der Waals surface area (Å²) in [5, 5.41) is 11.3. The number of Topliss-reactive ketones (excluding diaryl/α,β-unsaturated/α-hetero) is 1. The number of carbonyl (C=O) groups excluding carboxylic acids is 1. The van der Waals surface area contributed by atoms with Crippen LogP contribution in [0.5, 0.6) is 0 Å². The van der Waals surface area contributed by atoms with Crippen molar-refractivity contribution in [1.29, 1.82) is 0 Å². The summed E-state index contributed by atoms with van der Waals surface area (Å²) in [5.41, 5.74) is 3.74. The Kier molecular flexibility index (Phi) is 4.17. The van der Waals surface area contributed by atoms with Gasteiger partial charge in [-0.2, -0.15) is 0 Å². The normalized spacial score (nSPS) is 10.4. The summed E-state index contributed by atoms with van der Waals surface area (Å²) in [5.74, 6) is -0.207. The molecule has 0 unspecified atom stereocenters. The van der Waals surface area contributed by atoms with E-state index in [9.17, 15) is 14.9 Å². The molecule has 2 aromatic carbocycles. The lowest BCUT2D eigenvalue weighted by Gasteiger charge is -2.11. The predicted octanol–water partition coefficient (Wildman–Crippen LogP) is 4.47. The smallest absolute Gasteiger partial charge is 0.280 e. The number of carbonyl (C=O) groups is 1. The molecule has 0 amide bonds. The van der Waals surface area contributed by atoms with Gasteiger partial charge in [0.25, 0.3) is 5.69 Å². The van der Waals surface area contributed by atoms with Crippen molar-refractivity contribution >= 4 is 11.5 Å². The Morgan fingerprint density at radius 2 is 1.76 bits per heavy atom. The first-order valence-corrected chi connectivity index (χ1v) is 6.84. The van der Waals surface area contributed by atoms with Crippen molar-refractivity contribution < 1.29 is 9.72 Å². The highest BCUT2D eigenvalue weighted by Crippen LogP contribution is 2.33. The zero-order chi connectivity index (χ0) is 15.6. The predicted molar refractivity (Wildman–Crippen MR) is 82.6 cm³/mol. The summed E-state index contributed by atoms with van der Waals surface area (Å²) in [6.45, 7) is 5.54. The minimum Gasteiger partial charge on any atom is -0.294 e. The van der Waals surface area contributed by atoms with Gasteiger partial charge in [-0.1, -0.05) is 31.2 Å². The lowest BCUT2D eigenvalue weighted by molar-refractivity contribution is -0.385. The Hall–Kier alpha value is -2.49. The molecule has 0 aliphatic carbocycles. The molecule has 0 aromatic heterocycles. The molecular weight excluding hydrogens is 266 g/mol. The van der Waals surface area contributed by atoms with Gasteiger partial charge in [0.1, 0.15) is 0 Å². The number of hydrogen-bond acceptors (Lipinski definition) is 3. The van der Waals surface area contributed by atoms with E-state index in [2.05, 4.69) is 0 Å². The number of hydrogen-bond donors (Lipinski definition) is 0. The zero-order valence-electron chi connectivity index (χ0n) is 12.3. The van der Waals surface area contributed by atoms with Crippen LogP contribution < -0.4 is 0 Å². The average Bonchev–Trinajstić information content (AvgIpc) is 2.46. The number of benzene rings is 2. The second kappa shape index (κ2) is 5.87. The molecule has 21 heavy (non-hydrogen) atoms. The highest BCUT2D eigenvalue weighted by Gasteiger charge is 2.22. The largest absolute Gasteiger partial charge is 0.294 e. The van der Waals surface area contributed by atoms with Crippen LogP contribution in [0, 0.1) is 24.0 Å². The van der Waals surface area contributed by atoms with Gasteiger partial charge < -0.3 is 0 Å². The fourth-order valence-corrected chi connectivity index (χ4v) is 2.43. The summed E-state index contributed by atoms with van der Waals surface area (Å²) in [6, 6.07) is 10.9. The van der Waals surface area contributed by atoms with Crippen LogP contribution in [0.3, 0.4) is 0 Å². The van der Waals surface area contributed by atoms with Gasteiger partial charge in [0.05, 0.1) is 10.5 Å². The van der Waals surface area contributed by atoms with E-state index in [0.29, 0.717) is 0 Å². The van der Waals surface area contributed by atoms with E-state index in [1.807, 2.05) is 38.1 Å². The van der Waals surface area contributed by atoms with Crippen molar-refractivity contribution in [3.63, 3.8) is 0 Å². The minimum absolute atomic E-state index is 0.120. The molecule has 0 saturated heterocycles. The molecule has 4 nitrogen and oxygen atoms in total. The highest BCUT2D eigenvalue weighted by atomic mass is 16.6. The quantitative estimate of drug-likeness (QED) is 0.472. The molecular formula is C17H17NO3. The molecule has 2 rings (SSSR count). The van der Waals surface area contributed by atoms with Gasteiger partial charge in [-0.05, 0) is 42.2 Å². The molecule has 0 fully saturated rings. The van der Waals surface area contributed by atoms with Crippen LogP contribution in [0.4, 0.5) is 5.69 Å². The van der Waals surface area contributed by atoms with Crippen LogP contribution in [-0.2, 0) is 0 Å². The molecule has 4 heteroatoms. The maximum Gasteiger partial charge on any atom is 0.280 e. The fraction of sp³-hybridized carbons (Fsp3) is 0.235. The van der Waals surface area contributed by atoms with E-state index in [1.54, 1.807) is 13.0 Å². The third kappa shape index (κ3) is 2.84. The van der Waals surface area contributed by atoms with Crippen LogP contribution in [-0.4, -0.2) is 10.7 Å². The van der Waals surface area contributed by atoms with E-state index >= 15 is 0 Å². The summed E-state index contributed by atoms with van der Waals surface area (Å²) in [4.78, 5) is 22.7. The van der Waals surface area contributed by atoms with Crippen LogP contribution in [0.15, 0.2) is 36.4 Å². The van der Waals surface area contributed by atoms with Crippen LogP contribution in [0.2, 0.25) is 0 Å². The van der Waals surface area contributed by atoms with Gasteiger partial charge in [-0.25, -0.2) is 0 Å². The molecule has 0 N–H and O–H groups in total. The standard InChI is InChI=1S/C17H17NO3/c1-4-17(19)15-9-12(3)14(10-16(15)18(20)21)13-8-6-5-7-11(13)2/h5-10H,4H2,1-3H3. The molecule has 0 atom stereocenters.